The van der Waals surface area contributed by atoms with E-state index in [1.54, 1.807) is 6.33 Å². The van der Waals surface area contributed by atoms with Gasteiger partial charge in [0.2, 0.25) is 0 Å². The highest BCUT2D eigenvalue weighted by molar-refractivity contribution is 5.54. The fourth-order valence-corrected chi connectivity index (χ4v) is 2.83. The molecule has 5 heteroatoms. The highest BCUT2D eigenvalue weighted by Gasteiger charge is 2.15. The number of nitrogens with one attached hydrogen (secondary N) is 1. The normalized spacial score (nSPS) is 16.4. The lowest BCUT2D eigenvalue weighted by Crippen LogP contribution is -2.28. The molecule has 0 spiro atoms. The molecule has 2 aromatic rings. The van der Waals surface area contributed by atoms with Gasteiger partial charge in [-0.3, -0.25) is 4.68 Å². The molecule has 5 nitrogen and oxygen atoms in total. The van der Waals surface area contributed by atoms with Crippen molar-refractivity contribution in [3.63, 3.8) is 0 Å². The first-order chi connectivity index (χ1) is 9.86. The van der Waals surface area contributed by atoms with Crippen molar-refractivity contribution in [1.82, 2.24) is 25.1 Å². The van der Waals surface area contributed by atoms with Crippen LogP contribution in [0.25, 0.3) is 11.4 Å². The molecule has 1 fully saturated rings. The molecule has 0 atom stereocenters. The molecule has 3 heterocycles. The highest BCUT2D eigenvalue weighted by Crippen LogP contribution is 2.20. The Hall–Kier alpha value is -1.75. The zero-order valence-electron chi connectivity index (χ0n) is 11.9. The Bertz CT molecular complexity index is 557. The molecular formula is C15H21N5. The van der Waals surface area contributed by atoms with Crippen molar-refractivity contribution in [2.24, 2.45) is 5.92 Å². The number of piperidine rings is 1. The zero-order chi connectivity index (χ0) is 13.8. The molecule has 20 heavy (non-hydrogen) atoms. The largest absolute Gasteiger partial charge is 0.317 e. The number of hydrogen-bond donors (Lipinski definition) is 1. The number of hydrogen-bond acceptors (Lipinski definition) is 4. The molecule has 0 bridgehead atoms. The van der Waals surface area contributed by atoms with Crippen molar-refractivity contribution in [2.75, 3.05) is 13.1 Å². The van der Waals surface area contributed by atoms with Gasteiger partial charge in [0, 0.05) is 18.4 Å². The van der Waals surface area contributed by atoms with Crippen LogP contribution >= 0.6 is 0 Å². The van der Waals surface area contributed by atoms with E-state index in [0.29, 0.717) is 0 Å². The standard InChI is InChI=1S/C15H21N5/c1-2-20-15(5-8-19-20)14-10-13(17-11-18-14)9-12-3-6-16-7-4-12/h5,8,10-12,16H,2-4,6-7,9H2,1H3. The first-order valence-electron chi connectivity index (χ1n) is 7.40. The van der Waals surface area contributed by atoms with Gasteiger partial charge >= 0.3 is 0 Å². The van der Waals surface area contributed by atoms with E-state index in [1.807, 2.05) is 16.9 Å². The number of rotatable bonds is 4. The van der Waals surface area contributed by atoms with Gasteiger partial charge in [-0.1, -0.05) is 0 Å². The molecule has 0 aliphatic carbocycles. The van der Waals surface area contributed by atoms with Crippen molar-refractivity contribution in [2.45, 2.75) is 32.7 Å². The van der Waals surface area contributed by atoms with Crippen LogP contribution in [0, 0.1) is 5.92 Å². The predicted octanol–water partition coefficient (Wildman–Crippen LogP) is 1.90. The average Bonchev–Trinajstić information content (AvgIpc) is 2.97. The average molecular weight is 271 g/mol. The van der Waals surface area contributed by atoms with Gasteiger partial charge in [0.1, 0.15) is 6.33 Å². The van der Waals surface area contributed by atoms with Crippen LogP contribution in [0.5, 0.6) is 0 Å². The molecular weight excluding hydrogens is 250 g/mol. The van der Waals surface area contributed by atoms with Gasteiger partial charge in [0.25, 0.3) is 0 Å². The van der Waals surface area contributed by atoms with Crippen LogP contribution in [0.2, 0.25) is 0 Å². The molecule has 0 aromatic carbocycles. The minimum atomic E-state index is 0.745. The van der Waals surface area contributed by atoms with Crippen LogP contribution in [0.1, 0.15) is 25.5 Å². The Labute approximate surface area is 119 Å². The van der Waals surface area contributed by atoms with Gasteiger partial charge < -0.3 is 5.32 Å². The topological polar surface area (TPSA) is 55.6 Å². The number of aromatic nitrogens is 4. The third kappa shape index (κ3) is 2.88. The van der Waals surface area contributed by atoms with Crippen LogP contribution < -0.4 is 5.32 Å². The van der Waals surface area contributed by atoms with E-state index in [9.17, 15) is 0 Å². The second-order valence-electron chi connectivity index (χ2n) is 5.32. The molecule has 0 unspecified atom stereocenters. The van der Waals surface area contributed by atoms with E-state index >= 15 is 0 Å². The van der Waals surface area contributed by atoms with E-state index in [2.05, 4.69) is 33.4 Å². The summed E-state index contributed by atoms with van der Waals surface area (Å²) in [6.07, 6.45) is 7.04. The van der Waals surface area contributed by atoms with Gasteiger partial charge in [0.05, 0.1) is 11.4 Å². The minimum Gasteiger partial charge on any atom is -0.317 e. The van der Waals surface area contributed by atoms with Crippen LogP contribution in [0.3, 0.4) is 0 Å². The lowest BCUT2D eigenvalue weighted by Gasteiger charge is -2.22. The first kappa shape index (κ1) is 13.2. The maximum Gasteiger partial charge on any atom is 0.116 e. The highest BCUT2D eigenvalue weighted by atomic mass is 15.3. The molecule has 0 radical (unpaired) electrons. The van der Waals surface area contributed by atoms with Crippen LogP contribution in [0.4, 0.5) is 0 Å². The Kier molecular flexibility index (Phi) is 4.06. The molecule has 0 saturated carbocycles. The Morgan fingerprint density at radius 3 is 2.95 bits per heavy atom. The summed E-state index contributed by atoms with van der Waals surface area (Å²) in [5.74, 6) is 0.745. The summed E-state index contributed by atoms with van der Waals surface area (Å²) in [7, 11) is 0. The maximum absolute atomic E-state index is 4.44. The summed E-state index contributed by atoms with van der Waals surface area (Å²) < 4.78 is 1.97. The van der Waals surface area contributed by atoms with Crippen LogP contribution in [-0.2, 0) is 13.0 Å². The van der Waals surface area contributed by atoms with Crippen LogP contribution in [0.15, 0.2) is 24.7 Å². The summed E-state index contributed by atoms with van der Waals surface area (Å²) in [6.45, 7) is 5.21. The fourth-order valence-electron chi connectivity index (χ4n) is 2.83. The summed E-state index contributed by atoms with van der Waals surface area (Å²) in [5.41, 5.74) is 3.19. The van der Waals surface area contributed by atoms with Crippen molar-refractivity contribution >= 4 is 0 Å². The molecule has 3 rings (SSSR count). The van der Waals surface area contributed by atoms with Gasteiger partial charge in [-0.05, 0) is 57.3 Å². The van der Waals surface area contributed by atoms with Crippen molar-refractivity contribution in [3.05, 3.63) is 30.4 Å². The summed E-state index contributed by atoms with van der Waals surface area (Å²) in [6, 6.07) is 4.13. The van der Waals surface area contributed by atoms with Crippen molar-refractivity contribution in [1.29, 1.82) is 0 Å². The third-order valence-electron chi connectivity index (χ3n) is 3.96. The lowest BCUT2D eigenvalue weighted by molar-refractivity contribution is 0.370. The Morgan fingerprint density at radius 2 is 2.15 bits per heavy atom. The molecule has 1 saturated heterocycles. The van der Waals surface area contributed by atoms with E-state index in [4.69, 9.17) is 0 Å². The lowest BCUT2D eigenvalue weighted by atomic mass is 9.93. The van der Waals surface area contributed by atoms with Crippen molar-refractivity contribution < 1.29 is 0 Å². The van der Waals surface area contributed by atoms with Gasteiger partial charge in [-0.15, -0.1) is 0 Å². The van der Waals surface area contributed by atoms with E-state index in [-0.39, 0.29) is 0 Å². The quantitative estimate of drug-likeness (QED) is 0.923. The smallest absolute Gasteiger partial charge is 0.116 e. The molecule has 106 valence electrons. The molecule has 2 aromatic heterocycles. The summed E-state index contributed by atoms with van der Waals surface area (Å²) >= 11 is 0. The minimum absolute atomic E-state index is 0.745. The summed E-state index contributed by atoms with van der Waals surface area (Å²) in [4.78, 5) is 8.84. The van der Waals surface area contributed by atoms with Crippen LogP contribution in [-0.4, -0.2) is 32.8 Å². The molecule has 1 N–H and O–H groups in total. The zero-order valence-corrected chi connectivity index (χ0v) is 11.9. The Morgan fingerprint density at radius 1 is 1.30 bits per heavy atom. The van der Waals surface area contributed by atoms with E-state index in [0.717, 1.165) is 49.1 Å². The second-order valence-corrected chi connectivity index (χ2v) is 5.32. The molecule has 1 aliphatic heterocycles. The molecule has 1 aliphatic rings. The second kappa shape index (κ2) is 6.13. The van der Waals surface area contributed by atoms with Crippen molar-refractivity contribution in [3.8, 4) is 11.4 Å². The SMILES string of the molecule is CCn1nccc1-c1cc(CC2CCNCC2)ncn1. The van der Waals surface area contributed by atoms with E-state index < -0.39 is 0 Å². The van der Waals surface area contributed by atoms with Gasteiger partial charge in [-0.25, -0.2) is 9.97 Å². The van der Waals surface area contributed by atoms with E-state index in [1.165, 1.54) is 12.8 Å². The monoisotopic (exact) mass is 271 g/mol. The maximum atomic E-state index is 4.44. The first-order valence-corrected chi connectivity index (χ1v) is 7.40. The van der Waals surface area contributed by atoms with Gasteiger partial charge in [0.15, 0.2) is 0 Å². The molecule has 0 amide bonds. The summed E-state index contributed by atoms with van der Waals surface area (Å²) in [5, 5.41) is 7.71. The third-order valence-corrected chi connectivity index (χ3v) is 3.96. The Balaban J connectivity index is 1.78. The number of nitrogens with zero attached hydrogens (tertiary/aromatic N) is 4. The predicted molar refractivity (Wildman–Crippen MR) is 78.2 cm³/mol. The number of aryl methyl sites for hydroxylation is 1. The fraction of sp³-hybridized carbons (Fsp3) is 0.533. The van der Waals surface area contributed by atoms with Gasteiger partial charge in [-0.2, -0.15) is 5.10 Å².